The molecule has 2 aliphatic rings. The van der Waals surface area contributed by atoms with Crippen molar-refractivity contribution in [2.45, 2.75) is 83.2 Å². The average molecular weight is 381 g/mol. The second-order valence-corrected chi connectivity index (χ2v) is 8.65. The van der Waals surface area contributed by atoms with Crippen LogP contribution in [0.2, 0.25) is 0 Å². The van der Waals surface area contributed by atoms with E-state index in [-0.39, 0.29) is 11.9 Å². The molecule has 1 heterocycles. The fourth-order valence-corrected chi connectivity index (χ4v) is 4.29. The van der Waals surface area contributed by atoms with E-state index in [0.29, 0.717) is 24.9 Å². The summed E-state index contributed by atoms with van der Waals surface area (Å²) >= 11 is 0. The fraction of sp³-hybridized carbons (Fsp3) is 0.609. The van der Waals surface area contributed by atoms with Crippen molar-refractivity contribution in [3.63, 3.8) is 0 Å². The van der Waals surface area contributed by atoms with Gasteiger partial charge in [-0.3, -0.25) is 4.79 Å². The van der Waals surface area contributed by atoms with E-state index in [1.165, 1.54) is 44.9 Å². The zero-order valence-electron chi connectivity index (χ0n) is 17.2. The number of rotatable bonds is 7. The molecule has 2 aliphatic carbocycles. The molecule has 1 aromatic carbocycles. The Hall–Kier alpha value is -2.17. The third kappa shape index (κ3) is 4.45. The van der Waals surface area contributed by atoms with Crippen molar-refractivity contribution in [3.8, 4) is 0 Å². The molecule has 0 saturated heterocycles. The van der Waals surface area contributed by atoms with Gasteiger partial charge >= 0.3 is 0 Å². The summed E-state index contributed by atoms with van der Waals surface area (Å²) in [7, 11) is 0. The zero-order valence-corrected chi connectivity index (χ0v) is 17.2. The van der Waals surface area contributed by atoms with Crippen LogP contribution >= 0.6 is 0 Å². The first-order valence-corrected chi connectivity index (χ1v) is 10.9. The maximum Gasteiger partial charge on any atom is 0.221 e. The highest BCUT2D eigenvalue weighted by Crippen LogP contribution is 2.40. The fourth-order valence-electron chi connectivity index (χ4n) is 4.29. The number of para-hydroxylation sites is 1. The number of amides is 1. The van der Waals surface area contributed by atoms with Crippen LogP contribution < -0.4 is 10.2 Å². The smallest absolute Gasteiger partial charge is 0.221 e. The third-order valence-electron chi connectivity index (χ3n) is 5.86. The zero-order chi connectivity index (χ0) is 19.5. The van der Waals surface area contributed by atoms with Crippen molar-refractivity contribution in [2.75, 3.05) is 11.4 Å². The van der Waals surface area contributed by atoms with Gasteiger partial charge < -0.3 is 10.2 Å². The van der Waals surface area contributed by atoms with Crippen LogP contribution in [0.1, 0.15) is 77.0 Å². The highest BCUT2D eigenvalue weighted by molar-refractivity contribution is 5.90. The molecule has 1 N–H and O–H groups in total. The number of hydrogen-bond acceptors (Lipinski definition) is 4. The Morgan fingerprint density at radius 2 is 1.86 bits per heavy atom. The van der Waals surface area contributed by atoms with E-state index < -0.39 is 0 Å². The molecule has 0 unspecified atom stereocenters. The summed E-state index contributed by atoms with van der Waals surface area (Å²) in [6.45, 7) is 4.74. The summed E-state index contributed by atoms with van der Waals surface area (Å²) in [6.07, 6.45) is 9.10. The number of anilines is 1. The molecular formula is C23H32N4O. The largest absolute Gasteiger partial charge is 0.354 e. The molecule has 28 heavy (non-hydrogen) atoms. The predicted octanol–water partition coefficient (Wildman–Crippen LogP) is 4.56. The molecule has 0 atom stereocenters. The van der Waals surface area contributed by atoms with Gasteiger partial charge in [-0.15, -0.1) is 0 Å². The van der Waals surface area contributed by atoms with Gasteiger partial charge in [-0.2, -0.15) is 0 Å². The monoisotopic (exact) mass is 380 g/mol. The molecular weight excluding hydrogens is 348 g/mol. The molecule has 1 amide bonds. The lowest BCUT2D eigenvalue weighted by Gasteiger charge is -2.36. The Morgan fingerprint density at radius 1 is 1.11 bits per heavy atom. The quantitative estimate of drug-likeness (QED) is 0.765. The summed E-state index contributed by atoms with van der Waals surface area (Å²) in [6, 6.07) is 8.98. The number of nitrogens with zero attached hydrogens (tertiary/aromatic N) is 3. The van der Waals surface area contributed by atoms with Crippen molar-refractivity contribution in [1.29, 1.82) is 0 Å². The minimum atomic E-state index is 0.122. The van der Waals surface area contributed by atoms with Gasteiger partial charge in [0.25, 0.3) is 0 Å². The normalized spacial score (nSPS) is 17.8. The van der Waals surface area contributed by atoms with Gasteiger partial charge in [-0.1, -0.05) is 31.4 Å². The van der Waals surface area contributed by atoms with E-state index in [4.69, 9.17) is 9.97 Å². The lowest BCUT2D eigenvalue weighted by Crippen LogP contribution is -2.41. The summed E-state index contributed by atoms with van der Waals surface area (Å²) in [5.74, 6) is 2.66. The number of carbonyl (C=O) groups is 1. The number of carbonyl (C=O) groups excluding carboxylic acids is 1. The Morgan fingerprint density at radius 3 is 2.57 bits per heavy atom. The first-order valence-electron chi connectivity index (χ1n) is 10.9. The van der Waals surface area contributed by atoms with Crippen molar-refractivity contribution < 1.29 is 4.79 Å². The number of nitrogens with one attached hydrogen (secondary N) is 1. The van der Waals surface area contributed by atoms with Crippen LogP contribution in [0.5, 0.6) is 0 Å². The molecule has 0 radical (unpaired) electrons. The SMILES string of the molecule is CC(C)NC(=O)CCN(c1nc(C2CC2)nc2ccccc12)C1CCCCC1. The summed E-state index contributed by atoms with van der Waals surface area (Å²) < 4.78 is 0. The van der Waals surface area contributed by atoms with Crippen LogP contribution in [-0.2, 0) is 4.79 Å². The van der Waals surface area contributed by atoms with Gasteiger partial charge in [-0.05, 0) is 51.7 Å². The van der Waals surface area contributed by atoms with E-state index in [1.54, 1.807) is 0 Å². The maximum atomic E-state index is 12.4. The number of hydrogen-bond donors (Lipinski definition) is 1. The summed E-state index contributed by atoms with van der Waals surface area (Å²) in [5, 5.41) is 4.14. The van der Waals surface area contributed by atoms with Gasteiger partial charge in [-0.25, -0.2) is 9.97 Å². The highest BCUT2D eigenvalue weighted by Gasteiger charge is 2.30. The van der Waals surface area contributed by atoms with E-state index in [0.717, 1.165) is 22.5 Å². The van der Waals surface area contributed by atoms with Crippen molar-refractivity contribution in [2.24, 2.45) is 0 Å². The molecule has 4 rings (SSSR count). The second-order valence-electron chi connectivity index (χ2n) is 8.65. The molecule has 1 aromatic heterocycles. The molecule has 150 valence electrons. The number of benzene rings is 1. The van der Waals surface area contributed by atoms with Crippen LogP contribution in [-0.4, -0.2) is 34.5 Å². The molecule has 2 fully saturated rings. The Labute approximate surface area is 167 Å². The van der Waals surface area contributed by atoms with Crippen LogP contribution in [0.4, 0.5) is 5.82 Å². The van der Waals surface area contributed by atoms with Crippen molar-refractivity contribution in [1.82, 2.24) is 15.3 Å². The van der Waals surface area contributed by atoms with Gasteiger partial charge in [0.05, 0.1) is 5.52 Å². The molecule has 2 saturated carbocycles. The van der Waals surface area contributed by atoms with E-state index in [9.17, 15) is 4.79 Å². The Balaban J connectivity index is 1.67. The summed E-state index contributed by atoms with van der Waals surface area (Å²) in [5.41, 5.74) is 1.03. The molecule has 2 aromatic rings. The Bertz CT molecular complexity index is 824. The standard InChI is InChI=1S/C23H32N4O/c1-16(2)24-21(28)14-15-27(18-8-4-3-5-9-18)23-19-10-6-7-11-20(19)25-22(26-23)17-12-13-17/h6-7,10-11,16-18H,3-5,8-9,12-15H2,1-2H3,(H,24,28). The average Bonchev–Trinajstić information content (AvgIpc) is 3.53. The van der Waals surface area contributed by atoms with Gasteiger partial charge in [0.2, 0.25) is 5.91 Å². The minimum absolute atomic E-state index is 0.122. The first kappa shape index (κ1) is 19.2. The van der Waals surface area contributed by atoms with Crippen molar-refractivity contribution >= 4 is 22.6 Å². The van der Waals surface area contributed by atoms with Crippen molar-refractivity contribution in [3.05, 3.63) is 30.1 Å². The first-order chi connectivity index (χ1) is 13.6. The predicted molar refractivity (Wildman–Crippen MR) is 114 cm³/mol. The van der Waals surface area contributed by atoms with Gasteiger partial charge in [0.15, 0.2) is 0 Å². The van der Waals surface area contributed by atoms with Gasteiger partial charge in [0.1, 0.15) is 11.6 Å². The minimum Gasteiger partial charge on any atom is -0.354 e. The molecule has 0 spiro atoms. The van der Waals surface area contributed by atoms with E-state index in [2.05, 4.69) is 34.5 Å². The lowest BCUT2D eigenvalue weighted by atomic mass is 9.93. The maximum absolute atomic E-state index is 12.4. The summed E-state index contributed by atoms with van der Waals surface area (Å²) in [4.78, 5) is 24.7. The van der Waals surface area contributed by atoms with Crippen LogP contribution in [0.25, 0.3) is 10.9 Å². The van der Waals surface area contributed by atoms with Crippen LogP contribution in [0.15, 0.2) is 24.3 Å². The second kappa shape index (κ2) is 8.46. The molecule has 5 nitrogen and oxygen atoms in total. The van der Waals surface area contributed by atoms with E-state index >= 15 is 0 Å². The number of aromatic nitrogens is 2. The van der Waals surface area contributed by atoms with Crippen LogP contribution in [0, 0.1) is 0 Å². The Kier molecular flexibility index (Phi) is 5.79. The third-order valence-corrected chi connectivity index (χ3v) is 5.86. The van der Waals surface area contributed by atoms with E-state index in [1.807, 2.05) is 13.8 Å². The molecule has 5 heteroatoms. The molecule has 0 aliphatic heterocycles. The topological polar surface area (TPSA) is 58.1 Å². The number of fused-ring (bicyclic) bond motifs is 1. The lowest BCUT2D eigenvalue weighted by molar-refractivity contribution is -0.121. The van der Waals surface area contributed by atoms with Gasteiger partial charge in [0, 0.05) is 36.4 Å². The molecule has 0 bridgehead atoms. The highest BCUT2D eigenvalue weighted by atomic mass is 16.1. The van der Waals surface area contributed by atoms with Crippen LogP contribution in [0.3, 0.4) is 0 Å².